The van der Waals surface area contributed by atoms with E-state index in [9.17, 15) is 5.21 Å². The fourth-order valence-electron chi connectivity index (χ4n) is 4.78. The van der Waals surface area contributed by atoms with Gasteiger partial charge in [0.25, 0.3) is 0 Å². The highest BCUT2D eigenvalue weighted by atomic mass is 32.1. The number of rotatable bonds is 18. The molecule has 1 aliphatic rings. The Bertz CT molecular complexity index is 662. The fourth-order valence-corrected chi connectivity index (χ4v) is 5.77. The molecule has 7 heteroatoms. The third kappa shape index (κ3) is 10.2. The smallest absolute Gasteiger partial charge is 0.309 e. The zero-order chi connectivity index (χ0) is 24.9. The molecule has 0 saturated carbocycles. The highest BCUT2D eigenvalue weighted by Crippen LogP contribution is 2.36. The fraction of sp³-hybridized carbons (Fsp3) is 0.926. The lowest BCUT2D eigenvalue weighted by atomic mass is 9.98. The molecule has 0 amide bonds. The zero-order valence-electron chi connectivity index (χ0n) is 22.9. The summed E-state index contributed by atoms with van der Waals surface area (Å²) < 4.78 is -0.414. The summed E-state index contributed by atoms with van der Waals surface area (Å²) in [6, 6.07) is 0. The molecular formula is C27H53N5OS. The van der Waals surface area contributed by atoms with Crippen LogP contribution in [0.4, 0.5) is 5.13 Å². The van der Waals surface area contributed by atoms with Gasteiger partial charge in [0.2, 0.25) is 0 Å². The van der Waals surface area contributed by atoms with Crippen LogP contribution < -0.4 is 9.96 Å². The molecule has 2 unspecified atom stereocenters. The number of unbranched alkanes of at least 4 members (excludes halogenated alkanes) is 14. The van der Waals surface area contributed by atoms with Crippen molar-refractivity contribution < 1.29 is 0 Å². The monoisotopic (exact) mass is 495 g/mol. The lowest BCUT2D eigenvalue weighted by Crippen LogP contribution is -2.56. The highest BCUT2D eigenvalue weighted by Gasteiger charge is 2.42. The number of nitrogens with one attached hydrogen (secondary N) is 1. The number of nitrogens with zero attached hydrogens (tertiary/aromatic N) is 4. The van der Waals surface area contributed by atoms with Crippen LogP contribution in [0.15, 0.2) is 0 Å². The Labute approximate surface area is 214 Å². The third-order valence-electron chi connectivity index (χ3n) is 6.98. The van der Waals surface area contributed by atoms with E-state index < -0.39 is 4.65 Å². The third-order valence-corrected chi connectivity index (χ3v) is 8.44. The van der Waals surface area contributed by atoms with E-state index >= 15 is 0 Å². The number of hydrogen-bond donors (Lipinski definition) is 1. The lowest BCUT2D eigenvalue weighted by molar-refractivity contribution is 0.286. The van der Waals surface area contributed by atoms with Crippen LogP contribution in [-0.4, -0.2) is 48.1 Å². The molecule has 0 spiro atoms. The first-order chi connectivity index (χ1) is 16.3. The first-order valence-corrected chi connectivity index (χ1v) is 14.9. The van der Waals surface area contributed by atoms with Crippen molar-refractivity contribution in [2.24, 2.45) is 0 Å². The van der Waals surface area contributed by atoms with E-state index in [4.69, 9.17) is 0 Å². The first-order valence-electron chi connectivity index (χ1n) is 14.1. The molecule has 0 aliphatic carbocycles. The molecule has 1 fully saturated rings. The Morgan fingerprint density at radius 2 is 1.38 bits per heavy atom. The van der Waals surface area contributed by atoms with Gasteiger partial charge in [-0.2, -0.15) is 0 Å². The molecule has 198 valence electrons. The average molecular weight is 496 g/mol. The number of hydrogen-bond acceptors (Lipinski definition) is 6. The van der Waals surface area contributed by atoms with Gasteiger partial charge in [-0.1, -0.05) is 123 Å². The largest absolute Gasteiger partial charge is 0.623 e. The summed E-state index contributed by atoms with van der Waals surface area (Å²) in [5.41, 5.74) is -0.0719. The minimum Gasteiger partial charge on any atom is -0.623 e. The second kappa shape index (κ2) is 15.5. The molecule has 1 aromatic rings. The Morgan fingerprint density at radius 3 is 1.85 bits per heavy atom. The molecule has 2 heterocycles. The van der Waals surface area contributed by atoms with E-state index in [2.05, 4.69) is 48.1 Å². The zero-order valence-corrected chi connectivity index (χ0v) is 23.7. The first kappa shape index (κ1) is 29.6. The van der Waals surface area contributed by atoms with Gasteiger partial charge in [0, 0.05) is 12.0 Å². The number of hydroxylamine groups is 2. The van der Waals surface area contributed by atoms with E-state index in [0.717, 1.165) is 24.5 Å². The lowest BCUT2D eigenvalue weighted by Gasteiger charge is -2.39. The molecule has 1 aromatic heterocycles. The van der Waals surface area contributed by atoms with Crippen molar-refractivity contribution in [1.82, 2.24) is 25.1 Å². The van der Waals surface area contributed by atoms with Gasteiger partial charge >= 0.3 is 5.13 Å². The van der Waals surface area contributed by atoms with Crippen LogP contribution in [0.3, 0.4) is 0 Å². The van der Waals surface area contributed by atoms with E-state index in [0.29, 0.717) is 11.8 Å². The second-order valence-corrected chi connectivity index (χ2v) is 12.5. The molecule has 1 N–H and O–H groups in total. The number of aromatic nitrogens is 2. The van der Waals surface area contributed by atoms with Crippen molar-refractivity contribution in [3.05, 3.63) is 10.2 Å². The van der Waals surface area contributed by atoms with Crippen LogP contribution in [0.5, 0.6) is 0 Å². The summed E-state index contributed by atoms with van der Waals surface area (Å²) in [6.45, 7) is 10.7. The predicted octanol–water partition coefficient (Wildman–Crippen LogP) is 7.33. The second-order valence-electron chi connectivity index (χ2n) is 11.5. The molecular weight excluding hydrogens is 442 g/mol. The van der Waals surface area contributed by atoms with E-state index in [1.54, 1.807) is 0 Å². The van der Waals surface area contributed by atoms with Crippen LogP contribution >= 0.6 is 11.3 Å². The Morgan fingerprint density at radius 1 is 0.882 bits per heavy atom. The van der Waals surface area contributed by atoms with Crippen molar-refractivity contribution in [1.29, 1.82) is 0 Å². The van der Waals surface area contributed by atoms with Crippen molar-refractivity contribution >= 4 is 16.5 Å². The van der Waals surface area contributed by atoms with E-state index in [1.165, 1.54) is 101 Å². The maximum atomic E-state index is 13.7. The van der Waals surface area contributed by atoms with Gasteiger partial charge in [-0.05, 0) is 24.8 Å². The van der Waals surface area contributed by atoms with Gasteiger partial charge in [0.1, 0.15) is 11.7 Å². The van der Waals surface area contributed by atoms with Gasteiger partial charge in [0.05, 0.1) is 6.54 Å². The van der Waals surface area contributed by atoms with E-state index in [-0.39, 0.29) is 11.6 Å². The number of quaternary nitrogens is 1. The summed E-state index contributed by atoms with van der Waals surface area (Å²) in [7, 11) is 2.02. The molecule has 2 rings (SSSR count). The van der Waals surface area contributed by atoms with Crippen molar-refractivity contribution in [3.63, 3.8) is 0 Å². The van der Waals surface area contributed by atoms with Gasteiger partial charge in [-0.3, -0.25) is 14.9 Å². The van der Waals surface area contributed by atoms with Crippen molar-refractivity contribution in [2.75, 3.05) is 26.8 Å². The summed E-state index contributed by atoms with van der Waals surface area (Å²) in [5.74, 6) is 0. The normalized spacial score (nSPS) is 21.5. The van der Waals surface area contributed by atoms with Crippen LogP contribution in [0, 0.1) is 5.21 Å². The molecule has 2 atom stereocenters. The Hall–Kier alpha value is -0.600. The van der Waals surface area contributed by atoms with Crippen LogP contribution in [0.1, 0.15) is 129 Å². The highest BCUT2D eigenvalue weighted by molar-refractivity contribution is 7.15. The molecule has 34 heavy (non-hydrogen) atoms. The summed E-state index contributed by atoms with van der Waals surface area (Å²) in [4.78, 5) is 2.11. The quantitative estimate of drug-likeness (QED) is 0.131. The Balaban J connectivity index is 1.52. The summed E-state index contributed by atoms with van der Waals surface area (Å²) in [5, 5.41) is 27.4. The van der Waals surface area contributed by atoms with Gasteiger partial charge in [-0.25, -0.2) is 0 Å². The SMILES string of the molecule is CCCCCCCCCCCCCCCCCNC1CN(C)C[N+]1([O-])c1nnc(C(C)(C)C)s1. The minimum absolute atomic E-state index is 0.0719. The summed E-state index contributed by atoms with van der Waals surface area (Å²) >= 11 is 1.48. The van der Waals surface area contributed by atoms with Crippen LogP contribution in [0.2, 0.25) is 0 Å². The summed E-state index contributed by atoms with van der Waals surface area (Å²) in [6.07, 6.45) is 20.5. The van der Waals surface area contributed by atoms with Gasteiger partial charge < -0.3 is 5.21 Å². The van der Waals surface area contributed by atoms with Crippen LogP contribution in [0.25, 0.3) is 0 Å². The topological polar surface area (TPSA) is 64.1 Å². The van der Waals surface area contributed by atoms with Crippen molar-refractivity contribution in [3.8, 4) is 0 Å². The predicted molar refractivity (Wildman–Crippen MR) is 148 cm³/mol. The standard InChI is InChI=1S/C27H53N5OS/c1-6-7-8-9-10-11-12-13-14-15-16-17-18-19-20-21-28-24-22-31(5)23-32(24,33)26-30-29-25(34-26)27(2,3)4/h24,28H,6-23H2,1-5H3. The number of likely N-dealkylation sites (N-methyl/N-ethyl adjacent to an activating group) is 1. The van der Waals surface area contributed by atoms with Gasteiger partial charge in [-0.15, -0.1) is 5.10 Å². The maximum absolute atomic E-state index is 13.7. The Kier molecular flexibility index (Phi) is 13.5. The molecule has 0 aromatic carbocycles. The van der Waals surface area contributed by atoms with Crippen LogP contribution in [-0.2, 0) is 5.41 Å². The van der Waals surface area contributed by atoms with Crippen molar-refractivity contribution in [2.45, 2.75) is 136 Å². The molecule has 0 bridgehead atoms. The average Bonchev–Trinajstić information content (AvgIpc) is 3.39. The molecule has 6 nitrogen and oxygen atoms in total. The molecule has 1 saturated heterocycles. The molecule has 0 radical (unpaired) electrons. The maximum Gasteiger partial charge on any atom is 0.309 e. The molecule has 1 aliphatic heterocycles. The minimum atomic E-state index is -0.414. The van der Waals surface area contributed by atoms with E-state index in [1.807, 2.05) is 7.05 Å². The van der Waals surface area contributed by atoms with Gasteiger partial charge in [0.15, 0.2) is 6.17 Å².